The summed E-state index contributed by atoms with van der Waals surface area (Å²) in [5.41, 5.74) is 3.10. The number of nitrogens with one attached hydrogen (secondary N) is 1. The zero-order chi connectivity index (χ0) is 17.0. The molecule has 0 fully saturated rings. The van der Waals surface area contributed by atoms with Crippen molar-refractivity contribution in [2.75, 3.05) is 11.9 Å². The van der Waals surface area contributed by atoms with Gasteiger partial charge < -0.3 is 10.1 Å². The number of carbonyl (C=O) groups excluding carboxylic acids is 1. The van der Waals surface area contributed by atoms with Crippen LogP contribution < -0.4 is 10.1 Å². The molecule has 0 unspecified atom stereocenters. The number of amides is 1. The highest BCUT2D eigenvalue weighted by atomic mass is 16.6. The number of nitro groups is 1. The van der Waals surface area contributed by atoms with Crippen molar-refractivity contribution >= 4 is 17.3 Å². The van der Waals surface area contributed by atoms with Crippen LogP contribution in [0.5, 0.6) is 5.75 Å². The SMILES string of the molecule is Cc1cc(C)c(C)c(OCC(=O)Nc2ccccc2[N+](=O)[O-])c1. The van der Waals surface area contributed by atoms with Crippen molar-refractivity contribution < 1.29 is 14.5 Å². The van der Waals surface area contributed by atoms with E-state index in [1.54, 1.807) is 12.1 Å². The van der Waals surface area contributed by atoms with Gasteiger partial charge in [0.2, 0.25) is 0 Å². The molecule has 0 heterocycles. The summed E-state index contributed by atoms with van der Waals surface area (Å²) in [6, 6.07) is 9.89. The molecule has 6 nitrogen and oxygen atoms in total. The van der Waals surface area contributed by atoms with Gasteiger partial charge >= 0.3 is 0 Å². The highest BCUT2D eigenvalue weighted by Gasteiger charge is 2.15. The second-order valence-electron chi connectivity index (χ2n) is 5.32. The highest BCUT2D eigenvalue weighted by Crippen LogP contribution is 2.24. The molecule has 0 aliphatic carbocycles. The van der Waals surface area contributed by atoms with E-state index in [2.05, 4.69) is 5.32 Å². The maximum absolute atomic E-state index is 12.0. The Balaban J connectivity index is 2.06. The predicted octanol–water partition coefficient (Wildman–Crippen LogP) is 3.54. The highest BCUT2D eigenvalue weighted by molar-refractivity contribution is 5.94. The number of carbonyl (C=O) groups is 1. The van der Waals surface area contributed by atoms with Crippen molar-refractivity contribution in [1.29, 1.82) is 0 Å². The van der Waals surface area contributed by atoms with Gasteiger partial charge in [-0.05, 0) is 49.6 Å². The molecule has 0 saturated carbocycles. The minimum atomic E-state index is -0.537. The molecule has 23 heavy (non-hydrogen) atoms. The van der Waals surface area contributed by atoms with Gasteiger partial charge in [0.1, 0.15) is 11.4 Å². The van der Waals surface area contributed by atoms with E-state index in [0.717, 1.165) is 16.7 Å². The van der Waals surface area contributed by atoms with Crippen LogP contribution in [0.4, 0.5) is 11.4 Å². The smallest absolute Gasteiger partial charge is 0.292 e. The number of anilines is 1. The standard InChI is InChI=1S/C17H18N2O4/c1-11-8-12(2)13(3)16(9-11)23-10-17(20)18-14-6-4-5-7-15(14)19(21)22/h4-9H,10H2,1-3H3,(H,18,20). The summed E-state index contributed by atoms with van der Waals surface area (Å²) in [6.45, 7) is 5.63. The largest absolute Gasteiger partial charge is 0.483 e. The topological polar surface area (TPSA) is 81.5 Å². The van der Waals surface area contributed by atoms with Gasteiger partial charge in [-0.1, -0.05) is 18.2 Å². The van der Waals surface area contributed by atoms with E-state index < -0.39 is 10.8 Å². The number of nitro benzene ring substituents is 1. The Morgan fingerprint density at radius 1 is 1.22 bits per heavy atom. The maximum Gasteiger partial charge on any atom is 0.292 e. The lowest BCUT2D eigenvalue weighted by Gasteiger charge is -2.12. The van der Waals surface area contributed by atoms with E-state index >= 15 is 0 Å². The third-order valence-electron chi connectivity index (χ3n) is 3.50. The van der Waals surface area contributed by atoms with Crippen LogP contribution in [-0.2, 0) is 4.79 Å². The Kier molecular flexibility index (Phi) is 4.95. The van der Waals surface area contributed by atoms with Crippen molar-refractivity contribution in [2.45, 2.75) is 20.8 Å². The number of nitrogens with zero attached hydrogens (tertiary/aromatic N) is 1. The molecule has 1 N–H and O–H groups in total. The van der Waals surface area contributed by atoms with Crippen LogP contribution in [0, 0.1) is 30.9 Å². The van der Waals surface area contributed by atoms with Crippen molar-refractivity contribution in [3.8, 4) is 5.75 Å². The first kappa shape index (κ1) is 16.5. The van der Waals surface area contributed by atoms with Crippen LogP contribution in [0.25, 0.3) is 0 Å². The monoisotopic (exact) mass is 314 g/mol. The number of hydrogen-bond acceptors (Lipinski definition) is 4. The van der Waals surface area contributed by atoms with E-state index in [-0.39, 0.29) is 18.0 Å². The van der Waals surface area contributed by atoms with Gasteiger partial charge in [-0.3, -0.25) is 14.9 Å². The molecule has 6 heteroatoms. The molecule has 0 radical (unpaired) electrons. The second-order valence-corrected chi connectivity index (χ2v) is 5.32. The Hall–Kier alpha value is -2.89. The van der Waals surface area contributed by atoms with Gasteiger partial charge in [-0.2, -0.15) is 0 Å². The number of ether oxygens (including phenoxy) is 1. The van der Waals surface area contributed by atoms with Gasteiger partial charge in [0.15, 0.2) is 6.61 Å². The van der Waals surface area contributed by atoms with E-state index in [0.29, 0.717) is 5.75 Å². The van der Waals surface area contributed by atoms with Gasteiger partial charge in [0.05, 0.1) is 4.92 Å². The molecule has 0 atom stereocenters. The van der Waals surface area contributed by atoms with E-state index in [1.807, 2.05) is 32.9 Å². The zero-order valence-corrected chi connectivity index (χ0v) is 13.3. The summed E-state index contributed by atoms with van der Waals surface area (Å²) < 4.78 is 5.55. The molecular formula is C17H18N2O4. The molecule has 0 spiro atoms. The lowest BCUT2D eigenvalue weighted by molar-refractivity contribution is -0.383. The fraction of sp³-hybridized carbons (Fsp3) is 0.235. The second kappa shape index (κ2) is 6.91. The Bertz CT molecular complexity index is 756. The lowest BCUT2D eigenvalue weighted by atomic mass is 10.1. The number of para-hydroxylation sites is 2. The number of benzene rings is 2. The Morgan fingerprint density at radius 3 is 2.61 bits per heavy atom. The third-order valence-corrected chi connectivity index (χ3v) is 3.50. The van der Waals surface area contributed by atoms with Crippen molar-refractivity contribution in [3.63, 3.8) is 0 Å². The summed E-state index contributed by atoms with van der Waals surface area (Å²) in [6.07, 6.45) is 0. The average Bonchev–Trinajstić information content (AvgIpc) is 2.49. The fourth-order valence-electron chi connectivity index (χ4n) is 2.22. The van der Waals surface area contributed by atoms with Crippen LogP contribution in [0.2, 0.25) is 0 Å². The first-order chi connectivity index (χ1) is 10.9. The maximum atomic E-state index is 12.0. The van der Waals surface area contributed by atoms with Crippen LogP contribution in [0.3, 0.4) is 0 Å². The van der Waals surface area contributed by atoms with Crippen LogP contribution in [0.15, 0.2) is 36.4 Å². The van der Waals surface area contributed by atoms with Gasteiger partial charge in [0.25, 0.3) is 11.6 Å². The number of hydrogen-bond donors (Lipinski definition) is 1. The molecule has 0 saturated heterocycles. The summed E-state index contributed by atoms with van der Waals surface area (Å²) in [7, 11) is 0. The minimum Gasteiger partial charge on any atom is -0.483 e. The van der Waals surface area contributed by atoms with Crippen LogP contribution >= 0.6 is 0 Å². The molecule has 2 aromatic rings. The average molecular weight is 314 g/mol. The van der Waals surface area contributed by atoms with Crippen molar-refractivity contribution in [2.24, 2.45) is 0 Å². The molecule has 2 aromatic carbocycles. The molecule has 0 bridgehead atoms. The van der Waals surface area contributed by atoms with Crippen molar-refractivity contribution in [1.82, 2.24) is 0 Å². The first-order valence-electron chi connectivity index (χ1n) is 7.12. The normalized spacial score (nSPS) is 10.2. The molecular weight excluding hydrogens is 296 g/mol. The molecule has 0 aliphatic rings. The molecule has 120 valence electrons. The summed E-state index contributed by atoms with van der Waals surface area (Å²) in [5.74, 6) is 0.193. The van der Waals surface area contributed by atoms with E-state index in [4.69, 9.17) is 4.74 Å². The van der Waals surface area contributed by atoms with Gasteiger partial charge in [-0.25, -0.2) is 0 Å². The summed E-state index contributed by atoms with van der Waals surface area (Å²) in [5, 5.41) is 13.4. The quantitative estimate of drug-likeness (QED) is 0.676. The van der Waals surface area contributed by atoms with Crippen LogP contribution in [0.1, 0.15) is 16.7 Å². The summed E-state index contributed by atoms with van der Waals surface area (Å²) in [4.78, 5) is 22.4. The Labute approximate surface area is 134 Å². The minimum absolute atomic E-state index is 0.150. The molecule has 1 amide bonds. The zero-order valence-electron chi connectivity index (χ0n) is 13.3. The third kappa shape index (κ3) is 4.06. The van der Waals surface area contributed by atoms with E-state index in [9.17, 15) is 14.9 Å². The predicted molar refractivity (Wildman–Crippen MR) is 87.9 cm³/mol. The lowest BCUT2D eigenvalue weighted by Crippen LogP contribution is -2.21. The number of rotatable bonds is 5. The number of aryl methyl sites for hydroxylation is 2. The fourth-order valence-corrected chi connectivity index (χ4v) is 2.22. The molecule has 0 aliphatic heterocycles. The van der Waals surface area contributed by atoms with E-state index in [1.165, 1.54) is 12.1 Å². The molecule has 2 rings (SSSR count). The van der Waals surface area contributed by atoms with Crippen molar-refractivity contribution in [3.05, 3.63) is 63.2 Å². The summed E-state index contributed by atoms with van der Waals surface area (Å²) >= 11 is 0. The Morgan fingerprint density at radius 2 is 1.91 bits per heavy atom. The van der Waals surface area contributed by atoms with Gasteiger partial charge in [-0.15, -0.1) is 0 Å². The molecule has 0 aromatic heterocycles. The van der Waals surface area contributed by atoms with Crippen LogP contribution in [-0.4, -0.2) is 17.4 Å². The van der Waals surface area contributed by atoms with Gasteiger partial charge in [0, 0.05) is 6.07 Å². The first-order valence-corrected chi connectivity index (χ1v) is 7.12.